The van der Waals surface area contributed by atoms with Gasteiger partial charge in [-0.25, -0.2) is 0 Å². The van der Waals surface area contributed by atoms with Gasteiger partial charge in [0.15, 0.2) is 0 Å². The smallest absolute Gasteiger partial charge is 0.119 e. The summed E-state index contributed by atoms with van der Waals surface area (Å²) < 4.78 is 5.09. The molecule has 1 aromatic rings. The number of nitrogens with zero attached hydrogens (tertiary/aromatic N) is 1. The van der Waals surface area contributed by atoms with Crippen molar-refractivity contribution in [2.45, 2.75) is 12.8 Å². The van der Waals surface area contributed by atoms with Crippen molar-refractivity contribution in [2.75, 3.05) is 12.0 Å². The molecule has 2 nitrogen and oxygen atoms in total. The Bertz CT molecular complexity index is 262. The van der Waals surface area contributed by atoms with Gasteiger partial charge in [-0.05, 0) is 37.1 Å². The van der Waals surface area contributed by atoms with E-state index in [0.717, 1.165) is 18.6 Å². The van der Waals surface area contributed by atoms with Gasteiger partial charge in [0, 0.05) is 18.8 Å². The molecule has 0 spiro atoms. The highest BCUT2D eigenvalue weighted by molar-refractivity contribution is 5.53. The number of ether oxygens (including phenoxy) is 1. The zero-order valence-corrected chi connectivity index (χ0v) is 7.73. The molecule has 1 aliphatic heterocycles. The molecule has 0 aliphatic carbocycles. The summed E-state index contributed by atoms with van der Waals surface area (Å²) in [6.07, 6.45) is 2.29. The van der Waals surface area contributed by atoms with Gasteiger partial charge in [-0.1, -0.05) is 0 Å². The van der Waals surface area contributed by atoms with Crippen molar-refractivity contribution in [3.8, 4) is 5.75 Å². The number of methoxy groups -OCH3 is 1. The van der Waals surface area contributed by atoms with E-state index in [1.165, 1.54) is 5.69 Å². The molecule has 1 heterocycles. The van der Waals surface area contributed by atoms with Gasteiger partial charge in [0.25, 0.3) is 0 Å². The summed E-state index contributed by atoms with van der Waals surface area (Å²) in [5.41, 5.74) is 1.21. The van der Waals surface area contributed by atoms with Crippen molar-refractivity contribution in [1.82, 2.24) is 0 Å². The molecule has 2 radical (unpaired) electrons. The zero-order chi connectivity index (χ0) is 9.10. The van der Waals surface area contributed by atoms with Crippen LogP contribution in [0.25, 0.3) is 0 Å². The minimum absolute atomic E-state index is 0.906. The Morgan fingerprint density at radius 2 is 1.69 bits per heavy atom. The van der Waals surface area contributed by atoms with Gasteiger partial charge in [0.1, 0.15) is 5.75 Å². The fourth-order valence-corrected chi connectivity index (χ4v) is 1.47. The summed E-state index contributed by atoms with van der Waals surface area (Å²) in [7, 11) is 1.68. The van der Waals surface area contributed by atoms with Crippen LogP contribution in [0.15, 0.2) is 24.3 Å². The first kappa shape index (κ1) is 8.42. The van der Waals surface area contributed by atoms with E-state index in [4.69, 9.17) is 4.74 Å². The lowest BCUT2D eigenvalue weighted by Gasteiger charge is -2.16. The van der Waals surface area contributed by atoms with Crippen molar-refractivity contribution in [1.29, 1.82) is 0 Å². The second kappa shape index (κ2) is 3.69. The first-order chi connectivity index (χ1) is 6.40. The van der Waals surface area contributed by atoms with Gasteiger partial charge in [-0.2, -0.15) is 0 Å². The Morgan fingerprint density at radius 1 is 1.08 bits per heavy atom. The third-order valence-electron chi connectivity index (χ3n) is 2.19. The first-order valence-corrected chi connectivity index (χ1v) is 4.49. The Morgan fingerprint density at radius 3 is 2.23 bits per heavy atom. The van der Waals surface area contributed by atoms with Crippen molar-refractivity contribution in [3.63, 3.8) is 0 Å². The van der Waals surface area contributed by atoms with Crippen LogP contribution in [0.3, 0.4) is 0 Å². The second-order valence-corrected chi connectivity index (χ2v) is 3.05. The van der Waals surface area contributed by atoms with Crippen molar-refractivity contribution < 1.29 is 4.74 Å². The minimum Gasteiger partial charge on any atom is -0.497 e. The van der Waals surface area contributed by atoms with Crippen molar-refractivity contribution >= 4 is 5.69 Å². The second-order valence-electron chi connectivity index (χ2n) is 3.05. The molecule has 0 saturated carbocycles. The summed E-state index contributed by atoms with van der Waals surface area (Å²) in [6, 6.07) is 8.10. The molecular formula is C11H13NO. The number of anilines is 1. The molecule has 0 bridgehead atoms. The first-order valence-electron chi connectivity index (χ1n) is 4.49. The molecule has 0 atom stereocenters. The maximum absolute atomic E-state index is 5.09. The minimum atomic E-state index is 0.906. The molecule has 2 rings (SSSR count). The molecular weight excluding hydrogens is 162 g/mol. The molecule has 1 aliphatic rings. The lowest BCUT2D eigenvalue weighted by atomic mass is 10.3. The quantitative estimate of drug-likeness (QED) is 0.685. The molecule has 1 saturated heterocycles. The Balaban J connectivity index is 2.12. The maximum Gasteiger partial charge on any atom is 0.119 e. The number of hydrogen-bond acceptors (Lipinski definition) is 2. The Kier molecular flexibility index (Phi) is 2.39. The van der Waals surface area contributed by atoms with E-state index in [2.05, 4.69) is 30.1 Å². The third kappa shape index (κ3) is 1.77. The highest BCUT2D eigenvalue weighted by Gasteiger charge is 2.12. The summed E-state index contributed by atoms with van der Waals surface area (Å²) in [5, 5.41) is 0. The average Bonchev–Trinajstić information content (AvgIpc) is 2.71. The highest BCUT2D eigenvalue weighted by atomic mass is 16.5. The van der Waals surface area contributed by atoms with Crippen LogP contribution in [0, 0.1) is 13.1 Å². The van der Waals surface area contributed by atoms with Crippen LogP contribution < -0.4 is 9.64 Å². The largest absolute Gasteiger partial charge is 0.497 e. The number of hydrogen-bond donors (Lipinski definition) is 0. The van der Waals surface area contributed by atoms with Gasteiger partial charge in [0.2, 0.25) is 0 Å². The topological polar surface area (TPSA) is 12.5 Å². The molecule has 0 aromatic heterocycles. The highest BCUT2D eigenvalue weighted by Crippen LogP contribution is 2.26. The number of benzene rings is 1. The van der Waals surface area contributed by atoms with Crippen molar-refractivity contribution in [3.05, 3.63) is 37.4 Å². The standard InChI is InChI=1S/C11H13NO/c1-13-11-6-4-10(5-7-11)12-8-2-3-9-12/h4-9H,2-3H2,1H3. The van der Waals surface area contributed by atoms with Gasteiger partial charge < -0.3 is 9.64 Å². The third-order valence-corrected chi connectivity index (χ3v) is 2.19. The predicted molar refractivity (Wildman–Crippen MR) is 53.3 cm³/mol. The summed E-state index contributed by atoms with van der Waals surface area (Å²) >= 11 is 0. The molecule has 0 amide bonds. The molecule has 13 heavy (non-hydrogen) atoms. The fourth-order valence-electron chi connectivity index (χ4n) is 1.47. The molecule has 2 heteroatoms. The summed E-state index contributed by atoms with van der Waals surface area (Å²) in [5.74, 6) is 0.906. The van der Waals surface area contributed by atoms with E-state index in [1.807, 2.05) is 12.1 Å². The predicted octanol–water partition coefficient (Wildman–Crippen LogP) is 2.62. The van der Waals surface area contributed by atoms with Crippen LogP contribution in [-0.2, 0) is 0 Å². The summed E-state index contributed by atoms with van der Waals surface area (Å²) in [6.45, 7) is 4.39. The molecule has 68 valence electrons. The molecule has 0 N–H and O–H groups in total. The monoisotopic (exact) mass is 175 g/mol. The van der Waals surface area contributed by atoms with Crippen LogP contribution in [0.2, 0.25) is 0 Å². The molecule has 1 aromatic carbocycles. The Labute approximate surface area is 79.1 Å². The van der Waals surface area contributed by atoms with E-state index in [-0.39, 0.29) is 0 Å². The Hall–Kier alpha value is -1.18. The normalized spacial score (nSPS) is 16.2. The van der Waals surface area contributed by atoms with E-state index < -0.39 is 0 Å². The van der Waals surface area contributed by atoms with Crippen LogP contribution >= 0.6 is 0 Å². The lowest BCUT2D eigenvalue weighted by molar-refractivity contribution is 0.415. The van der Waals surface area contributed by atoms with Crippen molar-refractivity contribution in [2.24, 2.45) is 0 Å². The van der Waals surface area contributed by atoms with Crippen LogP contribution in [0.1, 0.15) is 12.8 Å². The van der Waals surface area contributed by atoms with Crippen LogP contribution in [-0.4, -0.2) is 7.11 Å². The lowest BCUT2D eigenvalue weighted by Crippen LogP contribution is -2.08. The average molecular weight is 175 g/mol. The van der Waals surface area contributed by atoms with Gasteiger partial charge in [-0.3, -0.25) is 0 Å². The van der Waals surface area contributed by atoms with E-state index in [9.17, 15) is 0 Å². The van der Waals surface area contributed by atoms with Crippen LogP contribution in [0.4, 0.5) is 5.69 Å². The molecule has 1 fully saturated rings. The molecule has 0 unspecified atom stereocenters. The van der Waals surface area contributed by atoms with E-state index in [1.54, 1.807) is 7.11 Å². The van der Waals surface area contributed by atoms with Crippen LogP contribution in [0.5, 0.6) is 5.75 Å². The van der Waals surface area contributed by atoms with Gasteiger partial charge >= 0.3 is 0 Å². The number of rotatable bonds is 2. The SMILES string of the molecule is COc1ccc(N2[CH]CC[CH]2)cc1. The van der Waals surface area contributed by atoms with E-state index >= 15 is 0 Å². The van der Waals surface area contributed by atoms with Gasteiger partial charge in [-0.15, -0.1) is 0 Å². The van der Waals surface area contributed by atoms with Gasteiger partial charge in [0.05, 0.1) is 7.11 Å². The fraction of sp³-hybridized carbons (Fsp3) is 0.273. The zero-order valence-electron chi connectivity index (χ0n) is 7.73. The van der Waals surface area contributed by atoms with E-state index in [0.29, 0.717) is 0 Å². The summed E-state index contributed by atoms with van der Waals surface area (Å²) in [4.78, 5) is 2.17. The maximum atomic E-state index is 5.09.